The molecule has 0 radical (unpaired) electrons. The van der Waals surface area contributed by atoms with Crippen LogP contribution in [0.4, 0.5) is 8.78 Å². The van der Waals surface area contributed by atoms with Gasteiger partial charge in [0.15, 0.2) is 5.82 Å². The highest BCUT2D eigenvalue weighted by molar-refractivity contribution is 5.49. The molecule has 0 fully saturated rings. The minimum Gasteiger partial charge on any atom is -0.307 e. The Kier molecular flexibility index (Phi) is 3.78. The fraction of sp³-hybridized carbons (Fsp3) is 0.235. The summed E-state index contributed by atoms with van der Waals surface area (Å²) in [5.41, 5.74) is 1.27. The molecule has 0 atom stereocenters. The average Bonchev–Trinajstić information content (AvgIpc) is 3.01. The van der Waals surface area contributed by atoms with Crippen LogP contribution in [0.5, 0.6) is 0 Å². The van der Waals surface area contributed by atoms with Crippen LogP contribution in [0.1, 0.15) is 11.4 Å². The highest BCUT2D eigenvalue weighted by Gasteiger charge is 2.23. The first-order chi connectivity index (χ1) is 11.7. The molecule has 122 valence electrons. The smallest absolute Gasteiger partial charge is 0.182 e. The van der Waals surface area contributed by atoms with Crippen LogP contribution < -0.4 is 0 Å². The molecule has 2 aromatic heterocycles. The van der Waals surface area contributed by atoms with E-state index >= 15 is 0 Å². The molecule has 0 unspecified atom stereocenters. The Hall–Kier alpha value is -2.67. The SMILES string of the molecule is Fc1ccc(CN2CCn3c(nnc3-c3ccccn3)C2)c(F)c1. The Morgan fingerprint density at radius 2 is 1.96 bits per heavy atom. The van der Waals surface area contributed by atoms with Crippen molar-refractivity contribution in [1.29, 1.82) is 0 Å². The van der Waals surface area contributed by atoms with Crippen LogP contribution in [0.3, 0.4) is 0 Å². The Labute approximate surface area is 137 Å². The molecule has 3 heterocycles. The minimum absolute atomic E-state index is 0.415. The molecular weight excluding hydrogens is 312 g/mol. The van der Waals surface area contributed by atoms with E-state index in [4.69, 9.17) is 0 Å². The first-order valence-electron chi connectivity index (χ1n) is 7.70. The number of halogens is 2. The second kappa shape index (κ2) is 6.09. The zero-order valence-electron chi connectivity index (χ0n) is 12.9. The van der Waals surface area contributed by atoms with Crippen molar-refractivity contribution < 1.29 is 8.78 Å². The predicted octanol–water partition coefficient (Wildman–Crippen LogP) is 2.63. The topological polar surface area (TPSA) is 46.8 Å². The molecule has 0 aliphatic carbocycles. The van der Waals surface area contributed by atoms with E-state index in [-0.39, 0.29) is 0 Å². The number of pyridine rings is 1. The van der Waals surface area contributed by atoms with Gasteiger partial charge in [-0.3, -0.25) is 9.88 Å². The van der Waals surface area contributed by atoms with E-state index in [0.29, 0.717) is 25.2 Å². The normalized spacial score (nSPS) is 14.6. The molecule has 0 bridgehead atoms. The van der Waals surface area contributed by atoms with Crippen LogP contribution in [-0.4, -0.2) is 31.2 Å². The van der Waals surface area contributed by atoms with Gasteiger partial charge in [-0.05, 0) is 18.2 Å². The zero-order chi connectivity index (χ0) is 16.5. The van der Waals surface area contributed by atoms with Crippen molar-refractivity contribution in [2.24, 2.45) is 0 Å². The summed E-state index contributed by atoms with van der Waals surface area (Å²) in [5, 5.41) is 8.48. The van der Waals surface area contributed by atoms with Gasteiger partial charge in [-0.2, -0.15) is 0 Å². The van der Waals surface area contributed by atoms with Crippen molar-refractivity contribution in [1.82, 2.24) is 24.6 Å². The van der Waals surface area contributed by atoms with Crippen LogP contribution in [0, 0.1) is 11.6 Å². The van der Waals surface area contributed by atoms with Crippen molar-refractivity contribution in [2.45, 2.75) is 19.6 Å². The summed E-state index contributed by atoms with van der Waals surface area (Å²) in [5.74, 6) is 0.494. The summed E-state index contributed by atoms with van der Waals surface area (Å²) in [6.45, 7) is 2.42. The highest BCUT2D eigenvalue weighted by Crippen LogP contribution is 2.21. The lowest BCUT2D eigenvalue weighted by molar-refractivity contribution is 0.207. The molecular formula is C17H15F2N5. The lowest BCUT2D eigenvalue weighted by Gasteiger charge is -2.27. The van der Waals surface area contributed by atoms with Gasteiger partial charge in [-0.1, -0.05) is 12.1 Å². The van der Waals surface area contributed by atoms with Crippen LogP contribution in [0.25, 0.3) is 11.5 Å². The monoisotopic (exact) mass is 327 g/mol. The highest BCUT2D eigenvalue weighted by atomic mass is 19.1. The molecule has 1 aromatic carbocycles. The van der Waals surface area contributed by atoms with Crippen molar-refractivity contribution in [3.8, 4) is 11.5 Å². The fourth-order valence-corrected chi connectivity index (χ4v) is 2.92. The summed E-state index contributed by atoms with van der Waals surface area (Å²) < 4.78 is 28.9. The van der Waals surface area contributed by atoms with E-state index in [0.717, 1.165) is 30.0 Å². The molecule has 24 heavy (non-hydrogen) atoms. The third-order valence-electron chi connectivity index (χ3n) is 4.14. The summed E-state index contributed by atoms with van der Waals surface area (Å²) in [7, 11) is 0. The molecule has 0 saturated heterocycles. The van der Waals surface area contributed by atoms with E-state index in [9.17, 15) is 8.78 Å². The van der Waals surface area contributed by atoms with Gasteiger partial charge in [0.2, 0.25) is 0 Å². The summed E-state index contributed by atoms with van der Waals surface area (Å²) in [6.07, 6.45) is 1.73. The lowest BCUT2D eigenvalue weighted by atomic mass is 10.2. The molecule has 5 nitrogen and oxygen atoms in total. The van der Waals surface area contributed by atoms with E-state index in [2.05, 4.69) is 20.1 Å². The van der Waals surface area contributed by atoms with Crippen LogP contribution in [0.15, 0.2) is 42.6 Å². The van der Waals surface area contributed by atoms with Crippen molar-refractivity contribution in [2.75, 3.05) is 6.54 Å². The van der Waals surface area contributed by atoms with Gasteiger partial charge < -0.3 is 4.57 Å². The Balaban J connectivity index is 1.54. The zero-order valence-corrected chi connectivity index (χ0v) is 12.9. The molecule has 0 N–H and O–H groups in total. The molecule has 7 heteroatoms. The van der Waals surface area contributed by atoms with Crippen LogP contribution in [0.2, 0.25) is 0 Å². The third kappa shape index (κ3) is 2.78. The number of hydrogen-bond donors (Lipinski definition) is 0. The van der Waals surface area contributed by atoms with Crippen LogP contribution in [-0.2, 0) is 19.6 Å². The minimum atomic E-state index is -0.561. The molecule has 4 rings (SSSR count). The number of nitrogens with zero attached hydrogens (tertiary/aromatic N) is 5. The number of benzene rings is 1. The maximum atomic E-state index is 13.8. The standard InChI is InChI=1S/C17H15F2N5/c18-13-5-4-12(14(19)9-13)10-23-7-8-24-16(11-23)21-22-17(24)15-3-1-2-6-20-15/h1-6,9H,7-8,10-11H2. The maximum Gasteiger partial charge on any atom is 0.182 e. The van der Waals surface area contributed by atoms with Gasteiger partial charge in [0.25, 0.3) is 0 Å². The lowest BCUT2D eigenvalue weighted by Crippen LogP contribution is -2.33. The van der Waals surface area contributed by atoms with Crippen molar-refractivity contribution in [3.63, 3.8) is 0 Å². The summed E-state index contributed by atoms with van der Waals surface area (Å²) in [6, 6.07) is 9.36. The van der Waals surface area contributed by atoms with Gasteiger partial charge in [0.1, 0.15) is 23.2 Å². The van der Waals surface area contributed by atoms with E-state index in [1.807, 2.05) is 22.8 Å². The van der Waals surface area contributed by atoms with Crippen molar-refractivity contribution in [3.05, 3.63) is 65.6 Å². The average molecular weight is 327 g/mol. The molecule has 0 saturated carbocycles. The quantitative estimate of drug-likeness (QED) is 0.742. The molecule has 1 aliphatic rings. The predicted molar refractivity (Wildman–Crippen MR) is 83.7 cm³/mol. The third-order valence-corrected chi connectivity index (χ3v) is 4.14. The summed E-state index contributed by atoms with van der Waals surface area (Å²) in [4.78, 5) is 6.39. The Bertz CT molecular complexity index is 863. The van der Waals surface area contributed by atoms with Gasteiger partial charge in [0, 0.05) is 37.5 Å². The molecule has 3 aromatic rings. The number of hydrogen-bond acceptors (Lipinski definition) is 4. The van der Waals surface area contributed by atoms with E-state index in [1.54, 1.807) is 6.20 Å². The maximum absolute atomic E-state index is 13.8. The number of aromatic nitrogens is 4. The number of rotatable bonds is 3. The first kappa shape index (κ1) is 14.9. The van der Waals surface area contributed by atoms with Gasteiger partial charge in [0.05, 0.1) is 6.54 Å². The molecule has 1 aliphatic heterocycles. The van der Waals surface area contributed by atoms with Gasteiger partial charge in [-0.25, -0.2) is 8.78 Å². The number of fused-ring (bicyclic) bond motifs is 1. The first-order valence-corrected chi connectivity index (χ1v) is 7.70. The fourth-order valence-electron chi connectivity index (χ4n) is 2.92. The van der Waals surface area contributed by atoms with Gasteiger partial charge >= 0.3 is 0 Å². The molecule has 0 amide bonds. The second-order valence-electron chi connectivity index (χ2n) is 5.75. The molecule has 0 spiro atoms. The van der Waals surface area contributed by atoms with E-state index in [1.165, 1.54) is 12.1 Å². The van der Waals surface area contributed by atoms with Gasteiger partial charge in [-0.15, -0.1) is 10.2 Å². The van der Waals surface area contributed by atoms with Crippen molar-refractivity contribution >= 4 is 0 Å². The van der Waals surface area contributed by atoms with E-state index < -0.39 is 11.6 Å². The largest absolute Gasteiger partial charge is 0.307 e. The summed E-state index contributed by atoms with van der Waals surface area (Å²) >= 11 is 0. The van der Waals surface area contributed by atoms with Crippen LogP contribution >= 0.6 is 0 Å². The Morgan fingerprint density at radius 1 is 1.04 bits per heavy atom. The second-order valence-corrected chi connectivity index (χ2v) is 5.75. The Morgan fingerprint density at radius 3 is 2.75 bits per heavy atom.